The van der Waals surface area contributed by atoms with Gasteiger partial charge >= 0.3 is 0 Å². The summed E-state index contributed by atoms with van der Waals surface area (Å²) in [6.45, 7) is 0.682. The van der Waals surface area contributed by atoms with Gasteiger partial charge in [-0.1, -0.05) is 78.6 Å². The van der Waals surface area contributed by atoms with Crippen molar-refractivity contribution in [2.45, 2.75) is 6.54 Å². The van der Waals surface area contributed by atoms with E-state index in [2.05, 4.69) is 29.0 Å². The molecule has 3 aromatic rings. The van der Waals surface area contributed by atoms with Crippen molar-refractivity contribution in [1.29, 1.82) is 0 Å². The van der Waals surface area contributed by atoms with Crippen molar-refractivity contribution in [3.05, 3.63) is 107 Å². The first-order chi connectivity index (χ1) is 11.4. The molecule has 0 N–H and O–H groups in total. The lowest BCUT2D eigenvalue weighted by Crippen LogP contribution is -1.89. The molecule has 3 aromatic carbocycles. The van der Waals surface area contributed by atoms with Crippen LogP contribution in [0.2, 0.25) is 0 Å². The van der Waals surface area contributed by atoms with Gasteiger partial charge in [-0.05, 0) is 23.8 Å². The van der Waals surface area contributed by atoms with Crippen molar-refractivity contribution >= 4 is 6.21 Å². The van der Waals surface area contributed by atoms with Crippen LogP contribution >= 0.6 is 0 Å². The maximum absolute atomic E-state index is 4.53. The molecule has 0 atom stereocenters. The minimum Gasteiger partial charge on any atom is -0.288 e. The van der Waals surface area contributed by atoms with Gasteiger partial charge in [-0.15, -0.1) is 0 Å². The van der Waals surface area contributed by atoms with Gasteiger partial charge in [0.25, 0.3) is 0 Å². The second kappa shape index (κ2) is 7.77. The van der Waals surface area contributed by atoms with Crippen molar-refractivity contribution in [1.82, 2.24) is 0 Å². The van der Waals surface area contributed by atoms with Crippen molar-refractivity contribution in [2.24, 2.45) is 4.99 Å². The zero-order valence-electron chi connectivity index (χ0n) is 12.8. The molecular formula is C22H17N. The maximum atomic E-state index is 4.53. The van der Waals surface area contributed by atoms with Crippen molar-refractivity contribution < 1.29 is 0 Å². The summed E-state index contributed by atoms with van der Waals surface area (Å²) in [5, 5.41) is 0. The van der Waals surface area contributed by atoms with E-state index in [0.717, 1.165) is 16.7 Å². The maximum Gasteiger partial charge on any atom is 0.0639 e. The fourth-order valence-electron chi connectivity index (χ4n) is 2.22. The van der Waals surface area contributed by atoms with Crippen molar-refractivity contribution in [3.63, 3.8) is 0 Å². The third kappa shape index (κ3) is 4.43. The number of hydrogen-bond acceptors (Lipinski definition) is 1. The molecule has 0 saturated heterocycles. The first-order valence-electron chi connectivity index (χ1n) is 7.62. The zero-order valence-corrected chi connectivity index (χ0v) is 12.8. The molecule has 0 amide bonds. The molecule has 0 spiro atoms. The predicted molar refractivity (Wildman–Crippen MR) is 96.6 cm³/mol. The summed E-state index contributed by atoms with van der Waals surface area (Å²) in [4.78, 5) is 4.53. The number of benzene rings is 3. The lowest BCUT2D eigenvalue weighted by Gasteiger charge is -1.98. The Morgan fingerprint density at radius 1 is 0.696 bits per heavy atom. The number of rotatable bonds is 3. The van der Waals surface area contributed by atoms with E-state index < -0.39 is 0 Å². The van der Waals surface area contributed by atoms with Crippen LogP contribution in [0, 0.1) is 11.8 Å². The van der Waals surface area contributed by atoms with Crippen molar-refractivity contribution in [2.75, 3.05) is 0 Å². The van der Waals surface area contributed by atoms with Crippen LogP contribution in [0.3, 0.4) is 0 Å². The van der Waals surface area contributed by atoms with Crippen LogP contribution in [0.1, 0.15) is 22.3 Å². The Morgan fingerprint density at radius 3 is 2.13 bits per heavy atom. The van der Waals surface area contributed by atoms with Crippen LogP contribution in [0.15, 0.2) is 89.9 Å². The Labute approximate surface area is 137 Å². The SMILES string of the molecule is C(#Cc1ccccc1C=NCc1ccccc1)c1ccccc1. The molecule has 3 rings (SSSR count). The molecule has 110 valence electrons. The summed E-state index contributed by atoms with van der Waals surface area (Å²) in [7, 11) is 0. The van der Waals surface area contributed by atoms with Gasteiger partial charge in [-0.3, -0.25) is 4.99 Å². The Kier molecular flexibility index (Phi) is 5.01. The first-order valence-corrected chi connectivity index (χ1v) is 7.62. The molecule has 0 aliphatic carbocycles. The topological polar surface area (TPSA) is 12.4 Å². The van der Waals surface area contributed by atoms with Crippen LogP contribution in [0.4, 0.5) is 0 Å². The summed E-state index contributed by atoms with van der Waals surface area (Å²) >= 11 is 0. The van der Waals surface area contributed by atoms with Gasteiger partial charge in [0.15, 0.2) is 0 Å². The molecule has 0 aliphatic heterocycles. The normalized spacial score (nSPS) is 10.3. The summed E-state index contributed by atoms with van der Waals surface area (Å²) in [6, 6.07) is 28.3. The molecule has 0 fully saturated rings. The average molecular weight is 295 g/mol. The van der Waals surface area contributed by atoms with E-state index in [1.165, 1.54) is 5.56 Å². The van der Waals surface area contributed by atoms with E-state index in [9.17, 15) is 0 Å². The fourth-order valence-corrected chi connectivity index (χ4v) is 2.22. The van der Waals surface area contributed by atoms with Crippen LogP contribution in [0.25, 0.3) is 0 Å². The van der Waals surface area contributed by atoms with E-state index in [4.69, 9.17) is 0 Å². The van der Waals surface area contributed by atoms with E-state index >= 15 is 0 Å². The van der Waals surface area contributed by atoms with Crippen LogP contribution in [0.5, 0.6) is 0 Å². The number of aliphatic imine (C=N–C) groups is 1. The highest BCUT2D eigenvalue weighted by Gasteiger charge is 1.95. The number of hydrogen-bond donors (Lipinski definition) is 0. The largest absolute Gasteiger partial charge is 0.288 e. The molecule has 0 radical (unpaired) electrons. The lowest BCUT2D eigenvalue weighted by atomic mass is 10.1. The fraction of sp³-hybridized carbons (Fsp3) is 0.0455. The minimum absolute atomic E-state index is 0.682. The molecule has 0 bridgehead atoms. The van der Waals surface area contributed by atoms with E-state index in [1.54, 1.807) is 0 Å². The lowest BCUT2D eigenvalue weighted by molar-refractivity contribution is 1.08. The Balaban J connectivity index is 1.77. The summed E-state index contributed by atoms with van der Waals surface area (Å²) < 4.78 is 0. The van der Waals surface area contributed by atoms with E-state index in [0.29, 0.717) is 6.54 Å². The standard InChI is InChI=1S/C22H17N/c1-3-9-19(10-4-1)15-16-21-13-7-8-14-22(21)18-23-17-20-11-5-2-6-12-20/h1-14,18H,17H2. The van der Waals surface area contributed by atoms with E-state index in [1.807, 2.05) is 79.0 Å². The minimum atomic E-state index is 0.682. The Morgan fingerprint density at radius 2 is 1.35 bits per heavy atom. The van der Waals surface area contributed by atoms with Gasteiger partial charge in [0, 0.05) is 22.9 Å². The molecule has 1 nitrogen and oxygen atoms in total. The van der Waals surface area contributed by atoms with Gasteiger partial charge in [-0.25, -0.2) is 0 Å². The average Bonchev–Trinajstić information content (AvgIpc) is 2.63. The van der Waals surface area contributed by atoms with Crippen LogP contribution in [-0.2, 0) is 6.54 Å². The molecule has 0 heterocycles. The number of nitrogens with zero attached hydrogens (tertiary/aromatic N) is 1. The second-order valence-electron chi connectivity index (χ2n) is 5.16. The van der Waals surface area contributed by atoms with E-state index in [-0.39, 0.29) is 0 Å². The predicted octanol–water partition coefficient (Wildman–Crippen LogP) is 4.71. The third-order valence-electron chi connectivity index (χ3n) is 3.42. The quantitative estimate of drug-likeness (QED) is 0.490. The van der Waals surface area contributed by atoms with Gasteiger partial charge < -0.3 is 0 Å². The summed E-state index contributed by atoms with van der Waals surface area (Å²) in [5.41, 5.74) is 4.26. The molecule has 0 saturated carbocycles. The molecule has 1 heteroatoms. The second-order valence-corrected chi connectivity index (χ2v) is 5.16. The Hall–Kier alpha value is -3.11. The zero-order chi connectivity index (χ0) is 15.7. The molecule has 0 aliphatic rings. The first kappa shape index (κ1) is 14.8. The molecular weight excluding hydrogens is 278 g/mol. The van der Waals surface area contributed by atoms with Crippen LogP contribution in [-0.4, -0.2) is 6.21 Å². The molecule has 23 heavy (non-hydrogen) atoms. The highest BCUT2D eigenvalue weighted by molar-refractivity contribution is 5.83. The van der Waals surface area contributed by atoms with Crippen LogP contribution < -0.4 is 0 Å². The molecule has 0 aromatic heterocycles. The van der Waals surface area contributed by atoms with Gasteiger partial charge in [0.05, 0.1) is 6.54 Å². The summed E-state index contributed by atoms with van der Waals surface area (Å²) in [5.74, 6) is 6.43. The highest BCUT2D eigenvalue weighted by Crippen LogP contribution is 2.07. The molecule has 0 unspecified atom stereocenters. The highest BCUT2D eigenvalue weighted by atomic mass is 14.7. The summed E-state index contributed by atoms with van der Waals surface area (Å²) in [6.07, 6.45) is 1.90. The monoisotopic (exact) mass is 295 g/mol. The van der Waals surface area contributed by atoms with Gasteiger partial charge in [-0.2, -0.15) is 0 Å². The third-order valence-corrected chi connectivity index (χ3v) is 3.42. The smallest absolute Gasteiger partial charge is 0.0639 e. The van der Waals surface area contributed by atoms with Crippen molar-refractivity contribution in [3.8, 4) is 11.8 Å². The van der Waals surface area contributed by atoms with Gasteiger partial charge in [0.1, 0.15) is 0 Å². The van der Waals surface area contributed by atoms with Gasteiger partial charge in [0.2, 0.25) is 0 Å². The Bertz CT molecular complexity index is 837.